The summed E-state index contributed by atoms with van der Waals surface area (Å²) in [6, 6.07) is 5.77. The van der Waals surface area contributed by atoms with Crippen molar-refractivity contribution in [2.24, 2.45) is 5.10 Å². The van der Waals surface area contributed by atoms with Crippen LogP contribution in [0, 0.1) is 0 Å². The third-order valence-electron chi connectivity index (χ3n) is 3.04. The second-order valence-corrected chi connectivity index (χ2v) is 7.12. The molecule has 0 aliphatic heterocycles. The van der Waals surface area contributed by atoms with Crippen LogP contribution in [0.15, 0.2) is 34.3 Å². The molecule has 1 aromatic rings. The van der Waals surface area contributed by atoms with Gasteiger partial charge in [-0.25, -0.2) is 13.8 Å². The summed E-state index contributed by atoms with van der Waals surface area (Å²) in [5.74, 6) is -0.487. The van der Waals surface area contributed by atoms with Gasteiger partial charge in [0.25, 0.3) is 5.91 Å². The van der Waals surface area contributed by atoms with E-state index in [1.807, 2.05) is 13.8 Å². The molecule has 1 aromatic carbocycles. The van der Waals surface area contributed by atoms with Gasteiger partial charge in [-0.1, -0.05) is 25.4 Å². The number of amides is 1. The first-order valence-corrected chi connectivity index (χ1v) is 8.69. The van der Waals surface area contributed by atoms with Gasteiger partial charge >= 0.3 is 0 Å². The lowest BCUT2D eigenvalue weighted by Crippen LogP contribution is -2.36. The van der Waals surface area contributed by atoms with E-state index in [1.54, 1.807) is 0 Å². The number of hydrogen-bond acceptors (Lipinski definition) is 4. The fourth-order valence-electron chi connectivity index (χ4n) is 1.66. The lowest BCUT2D eigenvalue weighted by molar-refractivity contribution is -0.121. The minimum Gasteiger partial charge on any atom is -0.272 e. The predicted molar refractivity (Wildman–Crippen MR) is 87.4 cm³/mol. The van der Waals surface area contributed by atoms with Gasteiger partial charge in [0.1, 0.15) is 0 Å². The summed E-state index contributed by atoms with van der Waals surface area (Å²) >= 11 is 5.74. The minimum absolute atomic E-state index is 0.0820. The third-order valence-corrected chi connectivity index (χ3v) is 5.11. The van der Waals surface area contributed by atoms with Gasteiger partial charge in [0.15, 0.2) is 0 Å². The number of sulfonamides is 1. The van der Waals surface area contributed by atoms with Gasteiger partial charge in [-0.3, -0.25) is 4.79 Å². The van der Waals surface area contributed by atoms with Gasteiger partial charge in [0.05, 0.1) is 11.4 Å². The maximum absolute atomic E-state index is 12.3. The van der Waals surface area contributed by atoms with E-state index in [9.17, 15) is 13.2 Å². The quantitative estimate of drug-likeness (QED) is 0.608. The molecule has 22 heavy (non-hydrogen) atoms. The molecular weight excluding hydrogens is 326 g/mol. The zero-order chi connectivity index (χ0) is 16.8. The molecule has 1 amide bonds. The number of halogens is 1. The average molecular weight is 346 g/mol. The average Bonchev–Trinajstić information content (AvgIpc) is 2.48. The van der Waals surface area contributed by atoms with Crippen LogP contribution in [0.1, 0.15) is 26.7 Å². The second kappa shape index (κ2) is 8.26. The Hall–Kier alpha value is -1.44. The van der Waals surface area contributed by atoms with Crippen molar-refractivity contribution in [3.8, 4) is 0 Å². The highest BCUT2D eigenvalue weighted by atomic mass is 35.5. The molecule has 1 rings (SSSR count). The number of nitrogens with zero attached hydrogens (tertiary/aromatic N) is 2. The Morgan fingerprint density at radius 1 is 1.23 bits per heavy atom. The SMILES string of the molecule is CCC(CC)=NNC(=O)CN(C)S(=O)(=O)c1ccc(Cl)cc1. The van der Waals surface area contributed by atoms with Gasteiger partial charge in [0.2, 0.25) is 10.0 Å². The minimum atomic E-state index is -3.74. The number of rotatable bonds is 7. The van der Waals surface area contributed by atoms with E-state index in [0.717, 1.165) is 22.9 Å². The molecule has 8 heteroatoms. The molecule has 0 aliphatic rings. The molecule has 0 bridgehead atoms. The van der Waals surface area contributed by atoms with Crippen molar-refractivity contribution < 1.29 is 13.2 Å². The molecule has 0 aromatic heterocycles. The summed E-state index contributed by atoms with van der Waals surface area (Å²) in [6.45, 7) is 3.56. The van der Waals surface area contributed by atoms with E-state index in [1.165, 1.54) is 31.3 Å². The lowest BCUT2D eigenvalue weighted by atomic mass is 10.2. The maximum atomic E-state index is 12.3. The van der Waals surface area contributed by atoms with Gasteiger partial charge < -0.3 is 0 Å². The van der Waals surface area contributed by atoms with Crippen LogP contribution < -0.4 is 5.43 Å². The van der Waals surface area contributed by atoms with Crippen molar-refractivity contribution in [1.29, 1.82) is 0 Å². The van der Waals surface area contributed by atoms with Crippen LogP contribution in [0.3, 0.4) is 0 Å². The van der Waals surface area contributed by atoms with Crippen molar-refractivity contribution in [1.82, 2.24) is 9.73 Å². The van der Waals surface area contributed by atoms with Crippen LogP contribution in [0.4, 0.5) is 0 Å². The van der Waals surface area contributed by atoms with Crippen LogP contribution >= 0.6 is 11.6 Å². The van der Waals surface area contributed by atoms with E-state index in [2.05, 4.69) is 10.5 Å². The topological polar surface area (TPSA) is 78.8 Å². The van der Waals surface area contributed by atoms with Crippen molar-refractivity contribution in [3.05, 3.63) is 29.3 Å². The number of carbonyl (C=O) groups is 1. The van der Waals surface area contributed by atoms with E-state index in [-0.39, 0.29) is 11.4 Å². The van der Waals surface area contributed by atoms with E-state index >= 15 is 0 Å². The van der Waals surface area contributed by atoms with Crippen molar-refractivity contribution >= 4 is 33.2 Å². The summed E-state index contributed by atoms with van der Waals surface area (Å²) < 4.78 is 25.6. The number of carbonyl (C=O) groups excluding carboxylic acids is 1. The first-order chi connectivity index (χ1) is 10.3. The summed E-state index contributed by atoms with van der Waals surface area (Å²) in [7, 11) is -2.39. The third kappa shape index (κ3) is 5.08. The zero-order valence-corrected chi connectivity index (χ0v) is 14.4. The predicted octanol–water partition coefficient (Wildman–Crippen LogP) is 2.25. The van der Waals surface area contributed by atoms with E-state index in [4.69, 9.17) is 11.6 Å². The van der Waals surface area contributed by atoms with Crippen LogP contribution in [0.25, 0.3) is 0 Å². The molecule has 0 atom stereocenters. The van der Waals surface area contributed by atoms with Gasteiger partial charge in [0, 0.05) is 17.8 Å². The Labute approximate surface area is 136 Å². The normalized spacial score (nSPS) is 11.3. The summed E-state index contributed by atoms with van der Waals surface area (Å²) in [5, 5.41) is 4.40. The van der Waals surface area contributed by atoms with Crippen LogP contribution in [-0.4, -0.2) is 37.9 Å². The molecule has 0 radical (unpaired) electrons. The van der Waals surface area contributed by atoms with Crippen LogP contribution in [-0.2, 0) is 14.8 Å². The van der Waals surface area contributed by atoms with Crippen LogP contribution in [0.2, 0.25) is 5.02 Å². The Kier molecular flexibility index (Phi) is 6.99. The molecule has 1 N–H and O–H groups in total. The lowest BCUT2D eigenvalue weighted by Gasteiger charge is -2.16. The smallest absolute Gasteiger partial charge is 0.255 e. The Bertz CT molecular complexity index is 636. The molecule has 0 aliphatic carbocycles. The number of nitrogens with one attached hydrogen (secondary N) is 1. The number of benzene rings is 1. The molecule has 6 nitrogen and oxygen atoms in total. The van der Waals surface area contributed by atoms with E-state index < -0.39 is 15.9 Å². The standard InChI is InChI=1S/C14H20ClN3O3S/c1-4-12(5-2)16-17-14(19)10-18(3)22(20,21)13-8-6-11(15)7-9-13/h6-9H,4-5,10H2,1-3H3,(H,17,19). The fourth-order valence-corrected chi connectivity index (χ4v) is 2.91. The van der Waals surface area contributed by atoms with Gasteiger partial charge in [-0.05, 0) is 37.1 Å². The fraction of sp³-hybridized carbons (Fsp3) is 0.429. The Morgan fingerprint density at radius 3 is 2.27 bits per heavy atom. The molecule has 122 valence electrons. The molecular formula is C14H20ClN3O3S. The molecule has 0 fully saturated rings. The zero-order valence-electron chi connectivity index (χ0n) is 12.8. The molecule has 0 unspecified atom stereocenters. The van der Waals surface area contributed by atoms with Crippen molar-refractivity contribution in [2.45, 2.75) is 31.6 Å². The van der Waals surface area contributed by atoms with Crippen molar-refractivity contribution in [3.63, 3.8) is 0 Å². The number of hydrogen-bond donors (Lipinski definition) is 1. The molecule has 0 spiro atoms. The van der Waals surface area contributed by atoms with Crippen molar-refractivity contribution in [2.75, 3.05) is 13.6 Å². The first-order valence-electron chi connectivity index (χ1n) is 6.87. The summed E-state index contributed by atoms with van der Waals surface area (Å²) in [4.78, 5) is 11.9. The molecule has 0 saturated heterocycles. The second-order valence-electron chi connectivity index (χ2n) is 4.64. The molecule has 0 saturated carbocycles. The first kappa shape index (κ1) is 18.6. The monoisotopic (exact) mass is 345 g/mol. The summed E-state index contributed by atoms with van der Waals surface area (Å²) in [5.41, 5.74) is 3.21. The van der Waals surface area contributed by atoms with Gasteiger partial charge in [-0.2, -0.15) is 9.41 Å². The number of hydrazone groups is 1. The highest BCUT2D eigenvalue weighted by Crippen LogP contribution is 2.17. The highest BCUT2D eigenvalue weighted by molar-refractivity contribution is 7.89. The van der Waals surface area contributed by atoms with Gasteiger partial charge in [-0.15, -0.1) is 0 Å². The Morgan fingerprint density at radius 2 is 1.77 bits per heavy atom. The largest absolute Gasteiger partial charge is 0.272 e. The van der Waals surface area contributed by atoms with Crippen LogP contribution in [0.5, 0.6) is 0 Å². The van der Waals surface area contributed by atoms with E-state index in [0.29, 0.717) is 5.02 Å². The maximum Gasteiger partial charge on any atom is 0.255 e. The summed E-state index contributed by atoms with van der Waals surface area (Å²) in [6.07, 6.45) is 1.46. The Balaban J connectivity index is 2.75. The highest BCUT2D eigenvalue weighted by Gasteiger charge is 2.22. The molecule has 0 heterocycles. The number of likely N-dealkylation sites (N-methyl/N-ethyl adjacent to an activating group) is 1.